The predicted molar refractivity (Wildman–Crippen MR) is 106 cm³/mol. The van der Waals surface area contributed by atoms with Crippen LogP contribution in [0.4, 0.5) is 0 Å². The van der Waals surface area contributed by atoms with E-state index in [0.29, 0.717) is 6.54 Å². The average Bonchev–Trinajstić information content (AvgIpc) is 3.04. The van der Waals surface area contributed by atoms with Gasteiger partial charge in [-0.05, 0) is 30.7 Å². The Morgan fingerprint density at radius 2 is 1.96 bits per heavy atom. The number of aryl methyl sites for hydroxylation is 2. The highest BCUT2D eigenvalue weighted by atomic mass is 35.5. The molecular formula is C18H25ClN4OS. The molecule has 1 heterocycles. The largest absolute Gasteiger partial charge is 0.361 e. The van der Waals surface area contributed by atoms with Gasteiger partial charge in [0.1, 0.15) is 5.76 Å². The summed E-state index contributed by atoms with van der Waals surface area (Å²) in [5.74, 6) is 2.66. The molecule has 0 atom stereocenters. The molecule has 0 aliphatic carbocycles. The van der Waals surface area contributed by atoms with Crippen molar-refractivity contribution in [2.45, 2.75) is 38.1 Å². The summed E-state index contributed by atoms with van der Waals surface area (Å²) in [6, 6.07) is 7.88. The fourth-order valence-corrected chi connectivity index (χ4v) is 3.29. The molecule has 1 aromatic carbocycles. The van der Waals surface area contributed by atoms with E-state index in [-0.39, 0.29) is 0 Å². The van der Waals surface area contributed by atoms with Crippen molar-refractivity contribution in [1.82, 2.24) is 15.8 Å². The van der Waals surface area contributed by atoms with E-state index in [1.54, 1.807) is 18.8 Å². The van der Waals surface area contributed by atoms with Gasteiger partial charge in [0.15, 0.2) is 5.96 Å². The Labute approximate surface area is 158 Å². The van der Waals surface area contributed by atoms with Crippen LogP contribution >= 0.6 is 23.4 Å². The number of nitrogens with one attached hydrogen (secondary N) is 2. The second-order valence-electron chi connectivity index (χ2n) is 5.39. The van der Waals surface area contributed by atoms with Crippen molar-refractivity contribution in [1.29, 1.82) is 0 Å². The van der Waals surface area contributed by atoms with Gasteiger partial charge >= 0.3 is 0 Å². The molecule has 1 aromatic heterocycles. The van der Waals surface area contributed by atoms with Gasteiger partial charge in [-0.15, -0.1) is 11.8 Å². The fraction of sp³-hybridized carbons (Fsp3) is 0.444. The third-order valence-corrected chi connectivity index (χ3v) is 5.01. The van der Waals surface area contributed by atoms with Crippen molar-refractivity contribution in [3.05, 3.63) is 46.3 Å². The van der Waals surface area contributed by atoms with Gasteiger partial charge in [-0.25, -0.2) is 0 Å². The van der Waals surface area contributed by atoms with E-state index >= 15 is 0 Å². The van der Waals surface area contributed by atoms with Crippen LogP contribution in [0.2, 0.25) is 5.02 Å². The molecule has 5 nitrogen and oxygen atoms in total. The van der Waals surface area contributed by atoms with Crippen LogP contribution in [-0.2, 0) is 19.4 Å². The lowest BCUT2D eigenvalue weighted by molar-refractivity contribution is 0.380. The number of aliphatic imine (C=N–C) groups is 1. The van der Waals surface area contributed by atoms with Crippen molar-refractivity contribution >= 4 is 29.3 Å². The fourth-order valence-electron chi connectivity index (χ4n) is 2.40. The van der Waals surface area contributed by atoms with Gasteiger partial charge in [0, 0.05) is 47.8 Å². The quantitative estimate of drug-likeness (QED) is 0.314. The number of hydrogen-bond donors (Lipinski definition) is 2. The lowest BCUT2D eigenvalue weighted by Gasteiger charge is -2.12. The molecule has 7 heteroatoms. The number of rotatable bonds is 8. The first-order chi connectivity index (χ1) is 12.2. The zero-order valence-corrected chi connectivity index (χ0v) is 16.5. The third kappa shape index (κ3) is 5.97. The van der Waals surface area contributed by atoms with E-state index in [0.717, 1.165) is 53.1 Å². The maximum Gasteiger partial charge on any atom is 0.191 e. The number of halogens is 1. The van der Waals surface area contributed by atoms with Crippen molar-refractivity contribution in [3.63, 3.8) is 0 Å². The Balaban J connectivity index is 1.77. The standard InChI is InChI=1S/C18H25ClN4OS/c1-4-16-15(17(5-2)24-23-16)12-22-18(20-3)21-10-11-25-14-8-6-13(19)7-9-14/h6-9H,4-5,10-12H2,1-3H3,(H2,20,21,22). The van der Waals surface area contributed by atoms with Crippen LogP contribution in [0, 0.1) is 0 Å². The van der Waals surface area contributed by atoms with E-state index in [9.17, 15) is 0 Å². The van der Waals surface area contributed by atoms with E-state index in [4.69, 9.17) is 16.1 Å². The molecule has 0 radical (unpaired) electrons. The van der Waals surface area contributed by atoms with Gasteiger partial charge in [0.25, 0.3) is 0 Å². The highest BCUT2D eigenvalue weighted by Crippen LogP contribution is 2.19. The van der Waals surface area contributed by atoms with Gasteiger partial charge in [-0.1, -0.05) is 30.6 Å². The van der Waals surface area contributed by atoms with Gasteiger partial charge in [-0.3, -0.25) is 4.99 Å². The zero-order chi connectivity index (χ0) is 18.1. The summed E-state index contributed by atoms with van der Waals surface area (Å²) < 4.78 is 5.39. The van der Waals surface area contributed by atoms with Crippen LogP contribution in [0.15, 0.2) is 38.7 Å². The molecule has 25 heavy (non-hydrogen) atoms. The second-order valence-corrected chi connectivity index (χ2v) is 7.00. The Kier molecular flexibility index (Phi) is 8.15. The summed E-state index contributed by atoms with van der Waals surface area (Å²) in [7, 11) is 1.77. The number of thioether (sulfide) groups is 1. The minimum Gasteiger partial charge on any atom is -0.361 e. The molecule has 0 saturated heterocycles. The summed E-state index contributed by atoms with van der Waals surface area (Å²) in [6.45, 7) is 5.64. The van der Waals surface area contributed by atoms with Crippen molar-refractivity contribution in [2.75, 3.05) is 19.3 Å². The highest BCUT2D eigenvalue weighted by Gasteiger charge is 2.13. The minimum atomic E-state index is 0.667. The Bertz CT molecular complexity index is 663. The Morgan fingerprint density at radius 3 is 2.60 bits per heavy atom. The third-order valence-electron chi connectivity index (χ3n) is 3.74. The van der Waals surface area contributed by atoms with Crippen LogP contribution in [-0.4, -0.2) is 30.5 Å². The van der Waals surface area contributed by atoms with Crippen molar-refractivity contribution in [2.24, 2.45) is 4.99 Å². The van der Waals surface area contributed by atoms with Crippen molar-refractivity contribution < 1.29 is 4.52 Å². The SMILES string of the molecule is CCc1noc(CC)c1CNC(=NC)NCCSc1ccc(Cl)cc1. The normalized spacial score (nSPS) is 11.6. The van der Waals surface area contributed by atoms with Crippen molar-refractivity contribution in [3.8, 4) is 0 Å². The lowest BCUT2D eigenvalue weighted by atomic mass is 10.1. The molecule has 0 fully saturated rings. The molecule has 0 aliphatic heterocycles. The van der Waals surface area contributed by atoms with Crippen LogP contribution in [0.5, 0.6) is 0 Å². The molecule has 0 spiro atoms. The lowest BCUT2D eigenvalue weighted by Crippen LogP contribution is -2.38. The summed E-state index contributed by atoms with van der Waals surface area (Å²) in [6.07, 6.45) is 1.71. The Hall–Kier alpha value is -1.66. The van der Waals surface area contributed by atoms with Gasteiger partial charge in [-0.2, -0.15) is 0 Å². The van der Waals surface area contributed by atoms with Crippen LogP contribution in [0.1, 0.15) is 30.9 Å². The maximum atomic E-state index is 5.90. The topological polar surface area (TPSA) is 62.5 Å². The molecule has 0 amide bonds. The van der Waals surface area contributed by atoms with Crippen LogP contribution < -0.4 is 10.6 Å². The molecule has 2 aromatic rings. The van der Waals surface area contributed by atoms with Gasteiger partial charge in [0.2, 0.25) is 0 Å². The molecule has 2 rings (SSSR count). The van der Waals surface area contributed by atoms with E-state index in [1.807, 2.05) is 24.3 Å². The molecular weight excluding hydrogens is 356 g/mol. The summed E-state index contributed by atoms with van der Waals surface area (Å²) in [5, 5.41) is 11.6. The van der Waals surface area contributed by atoms with Gasteiger partial charge < -0.3 is 15.2 Å². The molecule has 2 N–H and O–H groups in total. The van der Waals surface area contributed by atoms with E-state index in [2.05, 4.69) is 34.6 Å². The summed E-state index contributed by atoms with van der Waals surface area (Å²) in [5.41, 5.74) is 2.15. The number of nitrogens with zero attached hydrogens (tertiary/aromatic N) is 2. The predicted octanol–water partition coefficient (Wildman–Crippen LogP) is 3.91. The first kappa shape index (κ1) is 19.7. The molecule has 0 unspecified atom stereocenters. The molecule has 0 bridgehead atoms. The van der Waals surface area contributed by atoms with Crippen LogP contribution in [0.25, 0.3) is 0 Å². The minimum absolute atomic E-state index is 0.667. The number of benzene rings is 1. The summed E-state index contributed by atoms with van der Waals surface area (Å²) in [4.78, 5) is 5.48. The monoisotopic (exact) mass is 380 g/mol. The van der Waals surface area contributed by atoms with Gasteiger partial charge in [0.05, 0.1) is 5.69 Å². The highest BCUT2D eigenvalue weighted by molar-refractivity contribution is 7.99. The number of aromatic nitrogens is 1. The smallest absolute Gasteiger partial charge is 0.191 e. The Morgan fingerprint density at radius 1 is 1.20 bits per heavy atom. The van der Waals surface area contributed by atoms with E-state index in [1.165, 1.54) is 4.90 Å². The van der Waals surface area contributed by atoms with Crippen LogP contribution in [0.3, 0.4) is 0 Å². The second kappa shape index (κ2) is 10.4. The molecule has 136 valence electrons. The number of guanidine groups is 1. The zero-order valence-electron chi connectivity index (χ0n) is 14.9. The number of hydrogen-bond acceptors (Lipinski definition) is 4. The molecule has 0 aliphatic rings. The first-order valence-corrected chi connectivity index (χ1v) is 9.83. The molecule has 0 saturated carbocycles. The first-order valence-electron chi connectivity index (χ1n) is 8.47. The van der Waals surface area contributed by atoms with E-state index < -0.39 is 0 Å². The maximum absolute atomic E-state index is 5.90. The summed E-state index contributed by atoms with van der Waals surface area (Å²) >= 11 is 7.68. The average molecular weight is 381 g/mol.